The third kappa shape index (κ3) is 6.67. The normalized spacial score (nSPS) is 10.5. The average molecular weight is 518 g/mol. The van der Waals surface area contributed by atoms with Crippen LogP contribution in [0.1, 0.15) is 87.8 Å². The van der Waals surface area contributed by atoms with Crippen LogP contribution in [0.3, 0.4) is 0 Å². The zero-order valence-corrected chi connectivity index (χ0v) is 19.1. The molecule has 0 aromatic heterocycles. The van der Waals surface area contributed by atoms with E-state index >= 15 is 0 Å². The van der Waals surface area contributed by atoms with Crippen LogP contribution in [0.25, 0.3) is 11.1 Å². The van der Waals surface area contributed by atoms with E-state index in [-0.39, 0.29) is 13.2 Å². The molecule has 0 saturated heterocycles. The number of unbranched alkanes of at least 4 members (excludes halogenated alkanes) is 3. The minimum Gasteiger partial charge on any atom is -0.478 e. The van der Waals surface area contributed by atoms with Gasteiger partial charge < -0.3 is 35.4 Å². The minimum atomic E-state index is -1.87. The lowest BCUT2D eigenvalue weighted by atomic mass is 9.87. The third-order valence-corrected chi connectivity index (χ3v) is 5.22. The fraction of sp³-hybridized carbons (Fsp3) is 0.250. The molecule has 0 fully saturated rings. The summed E-state index contributed by atoms with van der Waals surface area (Å²) in [5.41, 5.74) is -6.49. The largest absolute Gasteiger partial charge is 0.478 e. The monoisotopic (exact) mass is 518 g/mol. The number of rotatable bonds is 13. The van der Waals surface area contributed by atoms with E-state index in [1.165, 1.54) is 0 Å². The van der Waals surface area contributed by atoms with Crippen molar-refractivity contribution in [3.8, 4) is 11.1 Å². The van der Waals surface area contributed by atoms with E-state index in [9.17, 15) is 54.3 Å². The Labute approximate surface area is 208 Å². The molecule has 0 bridgehead atoms. The summed E-state index contributed by atoms with van der Waals surface area (Å²) in [6, 6.07) is 2.66. The molecule has 2 aromatic carbocycles. The molecule has 0 atom stereocenters. The second-order valence-electron chi connectivity index (χ2n) is 7.69. The number of carboxylic acids is 5. The number of aliphatic hydroxyl groups excluding tert-OH is 1. The van der Waals surface area contributed by atoms with Crippen molar-refractivity contribution in [1.82, 2.24) is 0 Å². The molecule has 0 spiro atoms. The average Bonchev–Trinajstić information content (AvgIpc) is 2.83. The summed E-state index contributed by atoms with van der Waals surface area (Å²) in [7, 11) is 0. The molecule has 0 amide bonds. The molecule has 37 heavy (non-hydrogen) atoms. The van der Waals surface area contributed by atoms with Crippen molar-refractivity contribution < 1.29 is 64.1 Å². The van der Waals surface area contributed by atoms with Gasteiger partial charge in [-0.05, 0) is 54.7 Å². The van der Waals surface area contributed by atoms with Crippen LogP contribution in [0.4, 0.5) is 0 Å². The van der Waals surface area contributed by atoms with Gasteiger partial charge in [0.1, 0.15) is 0 Å². The summed E-state index contributed by atoms with van der Waals surface area (Å²) < 4.78 is 5.06. The van der Waals surface area contributed by atoms with Gasteiger partial charge in [-0.1, -0.05) is 6.42 Å². The molecule has 6 N–H and O–H groups in total. The van der Waals surface area contributed by atoms with Crippen molar-refractivity contribution >= 4 is 35.8 Å². The molecule has 0 saturated carbocycles. The second-order valence-corrected chi connectivity index (χ2v) is 7.69. The van der Waals surface area contributed by atoms with E-state index in [0.29, 0.717) is 49.9 Å². The maximum atomic E-state index is 12.8. The van der Waals surface area contributed by atoms with Gasteiger partial charge in [0.05, 0.1) is 40.0 Å². The first-order valence-electron chi connectivity index (χ1n) is 10.7. The van der Waals surface area contributed by atoms with Gasteiger partial charge in [-0.3, -0.25) is 0 Å². The fourth-order valence-electron chi connectivity index (χ4n) is 3.56. The Balaban J connectivity index is 2.82. The predicted molar refractivity (Wildman–Crippen MR) is 123 cm³/mol. The highest BCUT2D eigenvalue weighted by molar-refractivity contribution is 6.14. The van der Waals surface area contributed by atoms with Crippen LogP contribution < -0.4 is 0 Å². The van der Waals surface area contributed by atoms with Crippen LogP contribution in [0.5, 0.6) is 0 Å². The number of ether oxygens (including phenoxy) is 1. The summed E-state index contributed by atoms with van der Waals surface area (Å²) in [4.78, 5) is 72.0. The van der Waals surface area contributed by atoms with Gasteiger partial charge in [0.2, 0.25) is 0 Å². The van der Waals surface area contributed by atoms with Gasteiger partial charge in [0.15, 0.2) is 0 Å². The molecular formula is C24H22O13. The zero-order valence-electron chi connectivity index (χ0n) is 19.1. The number of carboxylic acid groups (broad SMARTS) is 5. The van der Waals surface area contributed by atoms with E-state index in [1.807, 2.05) is 0 Å². The Hall–Kier alpha value is -4.78. The van der Waals surface area contributed by atoms with Gasteiger partial charge in [0, 0.05) is 6.61 Å². The van der Waals surface area contributed by atoms with Gasteiger partial charge in [-0.25, -0.2) is 28.8 Å². The highest BCUT2D eigenvalue weighted by Gasteiger charge is 2.30. The Bertz CT molecular complexity index is 1280. The zero-order chi connectivity index (χ0) is 27.9. The topological polar surface area (TPSA) is 233 Å². The summed E-state index contributed by atoms with van der Waals surface area (Å²) in [6.45, 7) is -0.189. The molecule has 13 nitrogen and oxygen atoms in total. The Kier molecular flexibility index (Phi) is 9.43. The molecular weight excluding hydrogens is 496 g/mol. The van der Waals surface area contributed by atoms with Gasteiger partial charge in [-0.2, -0.15) is 0 Å². The summed E-state index contributed by atoms with van der Waals surface area (Å²) >= 11 is 0. The number of carbonyl (C=O) groups is 6. The molecule has 0 aliphatic rings. The van der Waals surface area contributed by atoms with Gasteiger partial charge >= 0.3 is 35.8 Å². The highest BCUT2D eigenvalue weighted by atomic mass is 16.5. The van der Waals surface area contributed by atoms with Crippen LogP contribution >= 0.6 is 0 Å². The van der Waals surface area contributed by atoms with E-state index in [4.69, 9.17) is 9.84 Å². The Morgan fingerprint density at radius 2 is 1.03 bits per heavy atom. The molecule has 0 radical (unpaired) electrons. The first-order chi connectivity index (χ1) is 17.4. The number of hydrogen-bond donors (Lipinski definition) is 6. The number of aromatic carboxylic acids is 5. The summed E-state index contributed by atoms with van der Waals surface area (Å²) in [5, 5.41) is 56.8. The highest BCUT2D eigenvalue weighted by Crippen LogP contribution is 2.34. The molecule has 0 heterocycles. The predicted octanol–water partition coefficient (Wildman–Crippen LogP) is 2.55. The van der Waals surface area contributed by atoms with Gasteiger partial charge in [-0.15, -0.1) is 0 Å². The lowest BCUT2D eigenvalue weighted by Gasteiger charge is -2.17. The quantitative estimate of drug-likeness (QED) is 0.165. The van der Waals surface area contributed by atoms with Crippen LogP contribution in [-0.2, 0) is 4.74 Å². The molecule has 2 rings (SSSR count). The summed E-state index contributed by atoms with van der Waals surface area (Å²) in [6.07, 6.45) is 2.09. The van der Waals surface area contributed by atoms with E-state index in [2.05, 4.69) is 0 Å². The van der Waals surface area contributed by atoms with Crippen LogP contribution in [0, 0.1) is 0 Å². The van der Waals surface area contributed by atoms with Crippen molar-refractivity contribution in [2.45, 2.75) is 25.7 Å². The smallest absolute Gasteiger partial charge is 0.339 e. The minimum absolute atomic E-state index is 0.0164. The van der Waals surface area contributed by atoms with Crippen LogP contribution in [0.15, 0.2) is 24.3 Å². The van der Waals surface area contributed by atoms with Crippen molar-refractivity contribution in [1.29, 1.82) is 0 Å². The van der Waals surface area contributed by atoms with Crippen molar-refractivity contribution in [3.05, 3.63) is 57.6 Å². The molecule has 0 unspecified atom stereocenters. The summed E-state index contributed by atoms with van der Waals surface area (Å²) in [5.74, 6) is -10.1. The fourth-order valence-corrected chi connectivity index (χ4v) is 3.56. The molecule has 0 aliphatic heterocycles. The third-order valence-electron chi connectivity index (χ3n) is 5.22. The van der Waals surface area contributed by atoms with E-state index in [1.54, 1.807) is 0 Å². The van der Waals surface area contributed by atoms with Crippen molar-refractivity contribution in [2.75, 3.05) is 13.2 Å². The Morgan fingerprint density at radius 1 is 0.568 bits per heavy atom. The number of carbonyl (C=O) groups excluding carboxylic acids is 1. The number of esters is 1. The van der Waals surface area contributed by atoms with Crippen molar-refractivity contribution in [2.24, 2.45) is 0 Å². The van der Waals surface area contributed by atoms with E-state index < -0.39 is 80.3 Å². The lowest BCUT2D eigenvalue weighted by molar-refractivity contribution is 0.0486. The van der Waals surface area contributed by atoms with Crippen LogP contribution in [0.2, 0.25) is 0 Å². The molecule has 13 heteroatoms. The Morgan fingerprint density at radius 3 is 1.46 bits per heavy atom. The van der Waals surface area contributed by atoms with Gasteiger partial charge in [0.25, 0.3) is 0 Å². The van der Waals surface area contributed by atoms with Crippen molar-refractivity contribution in [3.63, 3.8) is 0 Å². The lowest BCUT2D eigenvalue weighted by Crippen LogP contribution is -2.18. The maximum Gasteiger partial charge on any atom is 0.339 e. The molecule has 196 valence electrons. The number of aliphatic hydroxyl groups is 1. The first-order valence-corrected chi connectivity index (χ1v) is 10.7. The SMILES string of the molecule is O=C(O)c1cc(C(=O)O)c(C(=O)O)c(-c2cc(C(=O)O)cc(C(=O)OCCCCCCO)c2C(=O)O)c1. The molecule has 0 aliphatic carbocycles. The van der Waals surface area contributed by atoms with Crippen LogP contribution in [-0.4, -0.2) is 79.7 Å². The van der Waals surface area contributed by atoms with E-state index in [0.717, 1.165) is 0 Å². The first kappa shape index (κ1) is 28.5. The maximum absolute atomic E-state index is 12.8. The second kappa shape index (κ2) is 12.3. The molecule has 2 aromatic rings. The number of benzene rings is 2. The standard InChI is InChI=1S/C24H22O13/c25-5-3-1-2-4-6-37-24(36)16-10-12(20(28)29)8-14(18(16)23(34)35)13-7-11(19(26)27)9-15(21(30)31)17(13)22(32)33/h7-10,25H,1-6H2,(H,26,27)(H,28,29)(H,30,31)(H,32,33)(H,34,35). The number of hydrogen-bond acceptors (Lipinski definition) is 8.